The number of nitrogens with one attached hydrogen (secondary N) is 1. The molecule has 0 heterocycles. The van der Waals surface area contributed by atoms with Gasteiger partial charge in [-0.25, -0.2) is 26.7 Å². The van der Waals surface area contributed by atoms with E-state index in [1.54, 1.807) is 6.92 Å². The van der Waals surface area contributed by atoms with Crippen LogP contribution in [0.3, 0.4) is 0 Å². The monoisotopic (exact) mass is 304 g/mol. The van der Waals surface area contributed by atoms with Crippen LogP contribution in [0.2, 0.25) is 0 Å². The minimum absolute atomic E-state index is 0.300. The van der Waals surface area contributed by atoms with Crippen molar-refractivity contribution >= 4 is 20.0 Å². The summed E-state index contributed by atoms with van der Waals surface area (Å²) in [7, 11) is -7.98. The summed E-state index contributed by atoms with van der Waals surface area (Å²) in [5.41, 5.74) is -0.496. The first-order valence-corrected chi connectivity index (χ1v) is 8.83. The average molecular weight is 304 g/mol. The summed E-state index contributed by atoms with van der Waals surface area (Å²) in [6, 6.07) is 5.33. The fraction of sp³-hybridized carbons (Fsp3) is 0.455. The summed E-state index contributed by atoms with van der Waals surface area (Å²) in [4.78, 5) is -0.684. The van der Waals surface area contributed by atoms with Crippen LogP contribution in [0.25, 0.3) is 0 Å². The first-order chi connectivity index (χ1) is 8.64. The van der Waals surface area contributed by atoms with Gasteiger partial charge in [0.15, 0.2) is 0 Å². The number of hydrogen-bond donors (Lipinski definition) is 2. The largest absolute Gasteiger partial charge is 0.242 e. The molecule has 0 atom stereocenters. The zero-order chi connectivity index (χ0) is 14.3. The van der Waals surface area contributed by atoms with E-state index in [1.165, 1.54) is 24.3 Å². The number of sulfonamides is 2. The highest BCUT2D eigenvalue weighted by Gasteiger charge is 2.37. The van der Waals surface area contributed by atoms with Gasteiger partial charge in [-0.2, -0.15) is 0 Å². The summed E-state index contributed by atoms with van der Waals surface area (Å²) >= 11 is 0. The van der Waals surface area contributed by atoms with Gasteiger partial charge in [0, 0.05) is 5.54 Å². The van der Waals surface area contributed by atoms with E-state index < -0.39 is 25.6 Å². The van der Waals surface area contributed by atoms with Gasteiger partial charge in [-0.3, -0.25) is 0 Å². The molecule has 0 bridgehead atoms. The van der Waals surface area contributed by atoms with E-state index >= 15 is 0 Å². The van der Waals surface area contributed by atoms with Crippen molar-refractivity contribution in [2.24, 2.45) is 5.14 Å². The van der Waals surface area contributed by atoms with Crippen molar-refractivity contribution in [1.29, 1.82) is 0 Å². The number of primary sulfonamides is 1. The molecule has 1 aliphatic carbocycles. The Morgan fingerprint density at radius 3 is 2.05 bits per heavy atom. The first-order valence-electron chi connectivity index (χ1n) is 5.80. The maximum atomic E-state index is 12.3. The Morgan fingerprint density at radius 1 is 1.11 bits per heavy atom. The summed E-state index contributed by atoms with van der Waals surface area (Å²) in [6.45, 7) is 1.80. The third kappa shape index (κ3) is 2.97. The van der Waals surface area contributed by atoms with E-state index in [0.717, 1.165) is 19.3 Å². The molecule has 1 aromatic carbocycles. The lowest BCUT2D eigenvalue weighted by Crippen LogP contribution is -2.50. The molecule has 1 aromatic rings. The number of hydrogen-bond acceptors (Lipinski definition) is 4. The SMILES string of the molecule is CC1(NS(=O)(=O)c2ccccc2S(N)(=O)=O)CCC1. The van der Waals surface area contributed by atoms with Gasteiger partial charge in [-0.1, -0.05) is 12.1 Å². The van der Waals surface area contributed by atoms with Gasteiger partial charge in [-0.05, 0) is 38.3 Å². The van der Waals surface area contributed by atoms with E-state index in [9.17, 15) is 16.8 Å². The maximum absolute atomic E-state index is 12.3. The van der Waals surface area contributed by atoms with Gasteiger partial charge in [-0.15, -0.1) is 0 Å². The highest BCUT2D eigenvalue weighted by atomic mass is 32.2. The molecule has 0 radical (unpaired) electrons. The summed E-state index contributed by atoms with van der Waals surface area (Å²) in [5, 5.41) is 5.04. The highest BCUT2D eigenvalue weighted by Crippen LogP contribution is 2.33. The fourth-order valence-electron chi connectivity index (χ4n) is 2.10. The standard InChI is InChI=1S/C11H16N2O4S2/c1-11(7-4-8-11)13-19(16,17)10-6-3-2-5-9(10)18(12,14)15/h2-3,5-6,13H,4,7-8H2,1H3,(H2,12,14,15). The minimum atomic E-state index is -4.08. The van der Waals surface area contributed by atoms with Gasteiger partial charge in [0.1, 0.15) is 9.79 Å². The van der Waals surface area contributed by atoms with Gasteiger partial charge in [0.25, 0.3) is 0 Å². The fourth-order valence-corrected chi connectivity index (χ4v) is 4.94. The summed E-state index contributed by atoms with van der Waals surface area (Å²) < 4.78 is 50.0. The Morgan fingerprint density at radius 2 is 1.63 bits per heavy atom. The van der Waals surface area contributed by atoms with Crippen molar-refractivity contribution in [3.05, 3.63) is 24.3 Å². The van der Waals surface area contributed by atoms with Gasteiger partial charge in [0.2, 0.25) is 20.0 Å². The maximum Gasteiger partial charge on any atom is 0.242 e. The second-order valence-electron chi connectivity index (χ2n) is 5.01. The van der Waals surface area contributed by atoms with Crippen LogP contribution in [0.5, 0.6) is 0 Å². The Labute approximate surface area is 113 Å². The molecule has 0 unspecified atom stereocenters. The van der Waals surface area contributed by atoms with Crippen molar-refractivity contribution in [3.8, 4) is 0 Å². The second-order valence-corrected chi connectivity index (χ2v) is 8.19. The Kier molecular flexibility index (Phi) is 3.46. The molecule has 0 aromatic heterocycles. The molecule has 0 spiro atoms. The van der Waals surface area contributed by atoms with E-state index in [2.05, 4.69) is 4.72 Å². The predicted octanol–water partition coefficient (Wildman–Crippen LogP) is 0.555. The van der Waals surface area contributed by atoms with Crippen LogP contribution in [0, 0.1) is 0 Å². The minimum Gasteiger partial charge on any atom is -0.225 e. The molecular weight excluding hydrogens is 288 g/mol. The lowest BCUT2D eigenvalue weighted by atomic mass is 9.80. The van der Waals surface area contributed by atoms with Crippen LogP contribution in [0.15, 0.2) is 34.1 Å². The molecule has 1 saturated carbocycles. The molecule has 0 aliphatic heterocycles. The number of benzene rings is 1. The lowest BCUT2D eigenvalue weighted by molar-refractivity contribution is 0.248. The third-order valence-electron chi connectivity index (χ3n) is 3.28. The molecule has 19 heavy (non-hydrogen) atoms. The zero-order valence-corrected chi connectivity index (χ0v) is 12.1. The smallest absolute Gasteiger partial charge is 0.225 e. The van der Waals surface area contributed by atoms with Crippen molar-refractivity contribution in [2.75, 3.05) is 0 Å². The van der Waals surface area contributed by atoms with Crippen LogP contribution in [0.1, 0.15) is 26.2 Å². The Balaban J connectivity index is 2.47. The summed E-state index contributed by atoms with van der Waals surface area (Å²) in [5.74, 6) is 0. The molecule has 106 valence electrons. The average Bonchev–Trinajstić information content (AvgIpc) is 2.25. The molecule has 3 N–H and O–H groups in total. The van der Waals surface area contributed by atoms with Crippen LogP contribution in [0.4, 0.5) is 0 Å². The Bertz CT molecular complexity index is 691. The Hall–Kier alpha value is -0.960. The van der Waals surface area contributed by atoms with E-state index in [4.69, 9.17) is 5.14 Å². The van der Waals surface area contributed by atoms with Crippen LogP contribution in [-0.2, 0) is 20.0 Å². The number of nitrogens with two attached hydrogens (primary N) is 1. The highest BCUT2D eigenvalue weighted by molar-refractivity contribution is 7.92. The second kappa shape index (κ2) is 4.55. The van der Waals surface area contributed by atoms with Crippen molar-refractivity contribution in [2.45, 2.75) is 41.5 Å². The molecule has 0 saturated heterocycles. The van der Waals surface area contributed by atoms with E-state index in [0.29, 0.717) is 0 Å². The molecule has 2 rings (SSSR count). The van der Waals surface area contributed by atoms with Gasteiger partial charge < -0.3 is 0 Å². The molecule has 1 aliphatic rings. The molecule has 8 heteroatoms. The normalized spacial score (nSPS) is 18.8. The topological polar surface area (TPSA) is 106 Å². The van der Waals surface area contributed by atoms with Crippen molar-refractivity contribution in [1.82, 2.24) is 4.72 Å². The van der Waals surface area contributed by atoms with Crippen LogP contribution >= 0.6 is 0 Å². The first kappa shape index (κ1) is 14.4. The van der Waals surface area contributed by atoms with Crippen LogP contribution in [-0.4, -0.2) is 22.4 Å². The zero-order valence-electron chi connectivity index (χ0n) is 10.5. The summed E-state index contributed by atoms with van der Waals surface area (Å²) in [6.07, 6.45) is 2.43. The number of rotatable bonds is 4. The molecule has 0 amide bonds. The molecule has 6 nitrogen and oxygen atoms in total. The lowest BCUT2D eigenvalue weighted by Gasteiger charge is -2.38. The van der Waals surface area contributed by atoms with Crippen LogP contribution < -0.4 is 9.86 Å². The van der Waals surface area contributed by atoms with Gasteiger partial charge >= 0.3 is 0 Å². The molecular formula is C11H16N2O4S2. The van der Waals surface area contributed by atoms with Crippen molar-refractivity contribution in [3.63, 3.8) is 0 Å². The van der Waals surface area contributed by atoms with Gasteiger partial charge in [0.05, 0.1) is 0 Å². The predicted molar refractivity (Wildman–Crippen MR) is 70.4 cm³/mol. The third-order valence-corrected chi connectivity index (χ3v) is 6.08. The van der Waals surface area contributed by atoms with Crippen molar-refractivity contribution < 1.29 is 16.8 Å². The van der Waals surface area contributed by atoms with E-state index in [-0.39, 0.29) is 9.79 Å². The van der Waals surface area contributed by atoms with E-state index in [1.807, 2.05) is 0 Å². The quantitative estimate of drug-likeness (QED) is 0.847. The molecule has 1 fully saturated rings.